The lowest BCUT2D eigenvalue weighted by Gasteiger charge is -2.19. The number of ether oxygens (including phenoxy) is 2. The molecule has 0 saturated heterocycles. The summed E-state index contributed by atoms with van der Waals surface area (Å²) in [6.07, 6.45) is 14.7. The summed E-state index contributed by atoms with van der Waals surface area (Å²) in [5.41, 5.74) is 9.85. The van der Waals surface area contributed by atoms with Gasteiger partial charge in [0.25, 0.3) is 0 Å². The van der Waals surface area contributed by atoms with Crippen molar-refractivity contribution in [2.24, 2.45) is 23.3 Å². The van der Waals surface area contributed by atoms with Crippen LogP contribution in [0.2, 0.25) is 0 Å². The number of unbranched alkanes of at least 4 members (excludes halogenated alkanes) is 13. The molecular formula is C28H54N4O6. The van der Waals surface area contributed by atoms with E-state index in [1.807, 2.05) is 27.7 Å². The van der Waals surface area contributed by atoms with Crippen molar-refractivity contribution in [1.82, 2.24) is 10.6 Å². The average Bonchev–Trinajstić information content (AvgIpc) is 2.81. The van der Waals surface area contributed by atoms with Gasteiger partial charge in [-0.1, -0.05) is 105 Å². The third-order valence-electron chi connectivity index (χ3n) is 6.58. The molecule has 38 heavy (non-hydrogen) atoms. The van der Waals surface area contributed by atoms with Crippen LogP contribution < -0.4 is 22.1 Å². The highest BCUT2D eigenvalue weighted by atomic mass is 16.6. The fourth-order valence-electron chi connectivity index (χ4n) is 4.39. The van der Waals surface area contributed by atoms with Crippen molar-refractivity contribution in [2.45, 2.75) is 130 Å². The first-order valence-electron chi connectivity index (χ1n) is 14.5. The summed E-state index contributed by atoms with van der Waals surface area (Å²) in [5, 5.41) is 6.35. The van der Waals surface area contributed by atoms with Crippen LogP contribution in [0.1, 0.15) is 118 Å². The van der Waals surface area contributed by atoms with Crippen molar-refractivity contribution < 1.29 is 28.7 Å². The Hall–Kier alpha value is -2.20. The maximum absolute atomic E-state index is 11.9. The molecule has 0 aromatic carbocycles. The van der Waals surface area contributed by atoms with E-state index in [-0.39, 0.29) is 11.8 Å². The maximum atomic E-state index is 11.9. The molecule has 0 saturated carbocycles. The van der Waals surface area contributed by atoms with Crippen LogP contribution in [0.4, 0.5) is 9.59 Å². The molecule has 0 spiro atoms. The summed E-state index contributed by atoms with van der Waals surface area (Å²) < 4.78 is 9.00. The SMILES string of the molecule is CC(C)C(NCCCCCCCCCCCCCCCCNC(C(=O)OC(N)=O)C(C)C)C(=O)OC(N)=O. The summed E-state index contributed by atoms with van der Waals surface area (Å²) in [5.74, 6) is -1.16. The quantitative estimate of drug-likeness (QED) is 0.0803. The van der Waals surface area contributed by atoms with Crippen LogP contribution in [0.15, 0.2) is 0 Å². The Labute approximate surface area is 229 Å². The number of esters is 2. The summed E-state index contributed by atoms with van der Waals surface area (Å²) in [4.78, 5) is 45.3. The second kappa shape index (κ2) is 22.8. The van der Waals surface area contributed by atoms with Crippen molar-refractivity contribution >= 4 is 24.1 Å². The van der Waals surface area contributed by atoms with Gasteiger partial charge in [-0.05, 0) is 37.8 Å². The molecule has 10 heteroatoms. The molecule has 0 aromatic rings. The number of amides is 2. The Morgan fingerprint density at radius 3 is 0.947 bits per heavy atom. The lowest BCUT2D eigenvalue weighted by atomic mass is 10.0. The van der Waals surface area contributed by atoms with Gasteiger partial charge in [-0.25, -0.2) is 19.2 Å². The first-order valence-corrected chi connectivity index (χ1v) is 14.5. The van der Waals surface area contributed by atoms with E-state index >= 15 is 0 Å². The number of hydrogen-bond acceptors (Lipinski definition) is 8. The largest absolute Gasteiger partial charge is 0.412 e. The molecule has 6 N–H and O–H groups in total. The highest BCUT2D eigenvalue weighted by Crippen LogP contribution is 2.13. The topological polar surface area (TPSA) is 163 Å². The van der Waals surface area contributed by atoms with E-state index in [0.29, 0.717) is 0 Å². The Kier molecular flexibility index (Phi) is 21.4. The Morgan fingerprint density at radius 1 is 0.500 bits per heavy atom. The molecule has 222 valence electrons. The molecule has 2 atom stereocenters. The van der Waals surface area contributed by atoms with Gasteiger partial charge in [-0.2, -0.15) is 0 Å². The second-order valence-corrected chi connectivity index (χ2v) is 10.8. The molecular weight excluding hydrogens is 488 g/mol. The predicted octanol–water partition coefficient (Wildman–Crippen LogP) is 4.92. The van der Waals surface area contributed by atoms with Crippen LogP contribution in [0.5, 0.6) is 0 Å². The molecule has 2 unspecified atom stereocenters. The fourth-order valence-corrected chi connectivity index (χ4v) is 4.39. The predicted molar refractivity (Wildman–Crippen MR) is 149 cm³/mol. The van der Waals surface area contributed by atoms with E-state index < -0.39 is 36.2 Å². The molecule has 0 aromatic heterocycles. The monoisotopic (exact) mass is 542 g/mol. The molecule has 2 amide bonds. The Balaban J connectivity index is 3.55. The van der Waals surface area contributed by atoms with E-state index in [2.05, 4.69) is 20.1 Å². The molecule has 0 aliphatic carbocycles. The van der Waals surface area contributed by atoms with Crippen molar-refractivity contribution in [1.29, 1.82) is 0 Å². The second-order valence-electron chi connectivity index (χ2n) is 10.8. The Morgan fingerprint density at radius 2 is 0.737 bits per heavy atom. The van der Waals surface area contributed by atoms with Gasteiger partial charge in [0.05, 0.1) is 0 Å². The average molecular weight is 543 g/mol. The first kappa shape index (κ1) is 35.8. The minimum atomic E-state index is -1.06. The van der Waals surface area contributed by atoms with Crippen molar-refractivity contribution in [3.05, 3.63) is 0 Å². The summed E-state index contributed by atoms with van der Waals surface area (Å²) in [6.45, 7) is 9.06. The van der Waals surface area contributed by atoms with Crippen molar-refractivity contribution in [2.75, 3.05) is 13.1 Å². The number of hydrogen-bond donors (Lipinski definition) is 4. The van der Waals surface area contributed by atoms with E-state index in [0.717, 1.165) is 38.8 Å². The van der Waals surface area contributed by atoms with Gasteiger partial charge >= 0.3 is 24.1 Å². The maximum Gasteiger partial charge on any atom is 0.412 e. The number of rotatable bonds is 23. The summed E-state index contributed by atoms with van der Waals surface area (Å²) in [6, 6.07) is -1.02. The third-order valence-corrected chi connectivity index (χ3v) is 6.58. The smallest absolute Gasteiger partial charge is 0.375 e. The van der Waals surface area contributed by atoms with E-state index in [9.17, 15) is 19.2 Å². The summed E-state index contributed by atoms with van der Waals surface area (Å²) in [7, 11) is 0. The molecule has 0 fully saturated rings. The highest BCUT2D eigenvalue weighted by Gasteiger charge is 2.25. The van der Waals surface area contributed by atoms with Crippen LogP contribution in [-0.2, 0) is 19.1 Å². The molecule has 0 radical (unpaired) electrons. The summed E-state index contributed by atoms with van der Waals surface area (Å²) >= 11 is 0. The fraction of sp³-hybridized carbons (Fsp3) is 0.857. The van der Waals surface area contributed by atoms with Crippen LogP contribution in [0.3, 0.4) is 0 Å². The number of nitrogens with two attached hydrogens (primary N) is 2. The van der Waals surface area contributed by atoms with Gasteiger partial charge in [0.15, 0.2) is 0 Å². The molecule has 0 aliphatic rings. The number of carbonyl (C=O) groups excluding carboxylic acids is 4. The van der Waals surface area contributed by atoms with E-state index in [1.165, 1.54) is 64.2 Å². The van der Waals surface area contributed by atoms with Crippen LogP contribution in [-0.4, -0.2) is 49.3 Å². The molecule has 0 rings (SSSR count). The number of nitrogens with one attached hydrogen (secondary N) is 2. The molecule has 0 heterocycles. The Bertz CT molecular complexity index is 616. The molecule has 10 nitrogen and oxygen atoms in total. The minimum absolute atomic E-state index is 0.0253. The lowest BCUT2D eigenvalue weighted by Crippen LogP contribution is -2.43. The van der Waals surface area contributed by atoms with Gasteiger partial charge < -0.3 is 31.6 Å². The van der Waals surface area contributed by atoms with Gasteiger partial charge in [0, 0.05) is 0 Å². The lowest BCUT2D eigenvalue weighted by molar-refractivity contribution is -0.141. The van der Waals surface area contributed by atoms with Crippen molar-refractivity contribution in [3.63, 3.8) is 0 Å². The van der Waals surface area contributed by atoms with E-state index in [1.54, 1.807) is 0 Å². The van der Waals surface area contributed by atoms with Crippen LogP contribution in [0.25, 0.3) is 0 Å². The van der Waals surface area contributed by atoms with E-state index in [4.69, 9.17) is 11.5 Å². The zero-order valence-corrected chi connectivity index (χ0v) is 24.2. The minimum Gasteiger partial charge on any atom is -0.375 e. The zero-order valence-electron chi connectivity index (χ0n) is 24.2. The van der Waals surface area contributed by atoms with Crippen LogP contribution in [0, 0.1) is 11.8 Å². The normalized spacial score (nSPS) is 12.9. The highest BCUT2D eigenvalue weighted by molar-refractivity contribution is 5.87. The molecule has 0 bridgehead atoms. The standard InChI is InChI=1S/C28H54N4O6/c1-21(2)23(25(33)37-27(29)35)31-19-17-15-13-11-9-7-5-6-8-10-12-14-16-18-20-32-24(22(3)4)26(34)38-28(30)36/h21-24,31-32H,5-20H2,1-4H3,(H2,29,35)(H2,30,36). The van der Waals surface area contributed by atoms with Gasteiger partial charge in [0.2, 0.25) is 0 Å². The third kappa shape index (κ3) is 19.9. The zero-order chi connectivity index (χ0) is 28.8. The van der Waals surface area contributed by atoms with Gasteiger partial charge in [0.1, 0.15) is 12.1 Å². The molecule has 0 aliphatic heterocycles. The first-order chi connectivity index (χ1) is 18.1. The van der Waals surface area contributed by atoms with Crippen molar-refractivity contribution in [3.8, 4) is 0 Å². The van der Waals surface area contributed by atoms with Gasteiger partial charge in [-0.15, -0.1) is 0 Å². The van der Waals surface area contributed by atoms with Crippen LogP contribution >= 0.6 is 0 Å². The number of primary amides is 2. The van der Waals surface area contributed by atoms with Gasteiger partial charge in [-0.3, -0.25) is 0 Å². The number of carbonyl (C=O) groups is 4.